The van der Waals surface area contributed by atoms with Gasteiger partial charge in [0.1, 0.15) is 11.6 Å². The lowest BCUT2D eigenvalue weighted by Gasteiger charge is -2.25. The average Bonchev–Trinajstić information content (AvgIpc) is 4.04. The molecular formula is C41H64N4O2. The van der Waals surface area contributed by atoms with E-state index in [1.807, 2.05) is 80.5 Å². The van der Waals surface area contributed by atoms with E-state index in [4.69, 9.17) is 15.1 Å². The Morgan fingerprint density at radius 2 is 1.57 bits per heavy atom. The zero-order valence-electron chi connectivity index (χ0n) is 31.3. The minimum atomic E-state index is -0.139. The Bertz CT molecular complexity index is 1270. The highest BCUT2D eigenvalue weighted by Crippen LogP contribution is 2.33. The maximum Gasteiger partial charge on any atom is 0.154 e. The minimum Gasteiger partial charge on any atom is -0.516 e. The summed E-state index contributed by atoms with van der Waals surface area (Å²) in [4.78, 5) is 26.9. The Morgan fingerprint density at radius 1 is 1.00 bits per heavy atom. The normalized spacial score (nSPS) is 15.5. The molecule has 2 saturated carbocycles. The molecule has 0 bridgehead atoms. The molecule has 0 saturated heterocycles. The van der Waals surface area contributed by atoms with Crippen LogP contribution < -0.4 is 0 Å². The lowest BCUT2D eigenvalue weighted by atomic mass is 9.92. The van der Waals surface area contributed by atoms with Crippen LogP contribution in [0, 0.1) is 17.3 Å². The summed E-state index contributed by atoms with van der Waals surface area (Å²) in [7, 11) is 0. The average molecular weight is 645 g/mol. The van der Waals surface area contributed by atoms with Crippen molar-refractivity contribution in [2.24, 2.45) is 32.2 Å². The number of aliphatic hydroxyl groups excluding tert-OH is 1. The molecule has 6 heteroatoms. The number of nitrogens with zero attached hydrogens (tertiary/aromatic N) is 4. The SMILES string of the molecule is C=C/C(=C\C=C\O)CCN(Cc1ccc(C2=NCC(C3CC3)=N2)cc1)C(=C)/N=C(\C=C)C1CC1.CC.CC.CC.CC(=O)C(C)(C)C. The van der Waals surface area contributed by atoms with Gasteiger partial charge in [0.25, 0.3) is 0 Å². The van der Waals surface area contributed by atoms with Gasteiger partial charge < -0.3 is 10.0 Å². The quantitative estimate of drug-likeness (QED) is 0.132. The first-order valence-electron chi connectivity index (χ1n) is 17.5. The van der Waals surface area contributed by atoms with Crippen molar-refractivity contribution in [3.05, 3.63) is 97.1 Å². The molecule has 2 aliphatic carbocycles. The summed E-state index contributed by atoms with van der Waals surface area (Å²) in [6.07, 6.45) is 13.8. The van der Waals surface area contributed by atoms with E-state index < -0.39 is 0 Å². The Morgan fingerprint density at radius 3 is 2.02 bits per heavy atom. The number of carbonyl (C=O) groups is 1. The number of Topliss-reactive ketones (excluding diaryl/α,β-unsaturated/α-hetero) is 1. The van der Waals surface area contributed by atoms with Gasteiger partial charge in [0.05, 0.1) is 12.8 Å². The van der Waals surface area contributed by atoms with Gasteiger partial charge in [0.15, 0.2) is 5.84 Å². The summed E-state index contributed by atoms with van der Waals surface area (Å²) in [5, 5.41) is 8.97. The van der Waals surface area contributed by atoms with Crippen LogP contribution in [0.1, 0.15) is 112 Å². The van der Waals surface area contributed by atoms with E-state index in [2.05, 4.69) is 53.9 Å². The van der Waals surface area contributed by atoms with Gasteiger partial charge in [-0.15, -0.1) is 0 Å². The van der Waals surface area contributed by atoms with Crippen molar-refractivity contribution in [1.29, 1.82) is 0 Å². The number of ketones is 1. The molecule has 1 aliphatic heterocycles. The summed E-state index contributed by atoms with van der Waals surface area (Å²) in [6, 6.07) is 8.50. The number of carbonyl (C=O) groups excluding carboxylic acids is 1. The van der Waals surface area contributed by atoms with Crippen LogP contribution in [0.15, 0.2) is 101 Å². The van der Waals surface area contributed by atoms with Gasteiger partial charge in [-0.25, -0.2) is 9.98 Å². The molecule has 0 aromatic heterocycles. The standard InChI is InChI=1S/C29H34N4O.C6H12O.3C2H6/c1-4-22(7-6-18-34)16-17-33(21(3)31-27(5-2)24-12-13-24)20-23-8-10-26(11-9-23)29-30-19-28(32-29)25-14-15-25;1-5(7)6(2,3)4;3*1-2/h4-11,18,24-25,34H,1-3,12-17,19-20H2;1-4H3;3*1-2H3/b18-6+,22-7+,31-27+;;;;. The van der Waals surface area contributed by atoms with Gasteiger partial charge in [-0.3, -0.25) is 9.79 Å². The number of hydrogen-bond acceptors (Lipinski definition) is 6. The number of hydrogen-bond donors (Lipinski definition) is 1. The van der Waals surface area contributed by atoms with Crippen molar-refractivity contribution in [1.82, 2.24) is 4.90 Å². The van der Waals surface area contributed by atoms with Crippen LogP contribution in [0.3, 0.4) is 0 Å². The molecule has 3 aliphatic rings. The Kier molecular flexibility index (Phi) is 21.6. The molecule has 6 nitrogen and oxygen atoms in total. The van der Waals surface area contributed by atoms with Gasteiger partial charge in [0.2, 0.25) is 0 Å². The molecule has 0 radical (unpaired) electrons. The smallest absolute Gasteiger partial charge is 0.154 e. The van der Waals surface area contributed by atoms with E-state index in [0.29, 0.717) is 18.4 Å². The fourth-order valence-electron chi connectivity index (χ4n) is 4.02. The summed E-state index contributed by atoms with van der Waals surface area (Å²) in [5.41, 5.74) is 5.41. The summed E-state index contributed by atoms with van der Waals surface area (Å²) < 4.78 is 0. The fourth-order valence-corrected chi connectivity index (χ4v) is 4.02. The number of aliphatic imine (C=N–C) groups is 3. The third kappa shape index (κ3) is 16.5. The van der Waals surface area contributed by atoms with E-state index in [-0.39, 0.29) is 11.2 Å². The number of benzene rings is 1. The number of allylic oxidation sites excluding steroid dienone is 4. The Balaban J connectivity index is 0.00000141. The molecule has 4 rings (SSSR count). The third-order valence-corrected chi connectivity index (χ3v) is 7.49. The van der Waals surface area contributed by atoms with Crippen LogP contribution in [0.4, 0.5) is 0 Å². The first-order chi connectivity index (χ1) is 22.5. The zero-order chi connectivity index (χ0) is 36.0. The highest BCUT2D eigenvalue weighted by atomic mass is 16.2. The topological polar surface area (TPSA) is 77.6 Å². The van der Waals surface area contributed by atoms with Gasteiger partial charge in [0, 0.05) is 41.4 Å². The van der Waals surface area contributed by atoms with Crippen LogP contribution in [-0.2, 0) is 11.3 Å². The molecule has 260 valence electrons. The number of amidine groups is 1. The van der Waals surface area contributed by atoms with Gasteiger partial charge in [-0.05, 0) is 68.2 Å². The van der Waals surface area contributed by atoms with Crippen LogP contribution in [0.25, 0.3) is 0 Å². The summed E-state index contributed by atoms with van der Waals surface area (Å²) >= 11 is 0. The first-order valence-corrected chi connectivity index (χ1v) is 17.5. The second-order valence-electron chi connectivity index (χ2n) is 11.9. The van der Waals surface area contributed by atoms with Crippen LogP contribution >= 0.6 is 0 Å². The fraction of sp³-hybridized carbons (Fsp3) is 0.512. The van der Waals surface area contributed by atoms with E-state index in [1.54, 1.807) is 13.0 Å². The maximum absolute atomic E-state index is 10.5. The van der Waals surface area contributed by atoms with Crippen molar-refractivity contribution >= 4 is 23.0 Å². The second-order valence-corrected chi connectivity index (χ2v) is 11.9. The molecule has 1 aromatic carbocycles. The van der Waals surface area contributed by atoms with Crippen LogP contribution in [0.2, 0.25) is 0 Å². The molecular weight excluding hydrogens is 580 g/mol. The van der Waals surface area contributed by atoms with Crippen molar-refractivity contribution in [2.75, 3.05) is 13.1 Å². The molecule has 0 amide bonds. The van der Waals surface area contributed by atoms with Crippen molar-refractivity contribution < 1.29 is 9.90 Å². The maximum atomic E-state index is 10.5. The van der Waals surface area contributed by atoms with E-state index in [0.717, 1.165) is 54.3 Å². The van der Waals surface area contributed by atoms with Crippen molar-refractivity contribution in [3.8, 4) is 0 Å². The largest absolute Gasteiger partial charge is 0.516 e. The molecule has 0 spiro atoms. The van der Waals surface area contributed by atoms with Gasteiger partial charge >= 0.3 is 0 Å². The lowest BCUT2D eigenvalue weighted by molar-refractivity contribution is -0.124. The molecule has 2 fully saturated rings. The predicted molar refractivity (Wildman–Crippen MR) is 207 cm³/mol. The highest BCUT2D eigenvalue weighted by Gasteiger charge is 2.30. The molecule has 1 aromatic rings. The summed E-state index contributed by atoms with van der Waals surface area (Å²) in [5.74, 6) is 3.02. The molecule has 47 heavy (non-hydrogen) atoms. The van der Waals surface area contributed by atoms with Gasteiger partial charge in [-0.2, -0.15) is 0 Å². The van der Waals surface area contributed by atoms with E-state index >= 15 is 0 Å². The second kappa shape index (κ2) is 23.5. The monoisotopic (exact) mass is 645 g/mol. The van der Waals surface area contributed by atoms with Crippen LogP contribution in [-0.4, -0.2) is 46.1 Å². The van der Waals surface area contributed by atoms with Crippen molar-refractivity contribution in [3.63, 3.8) is 0 Å². The third-order valence-electron chi connectivity index (χ3n) is 7.49. The first kappa shape index (κ1) is 43.2. The number of rotatable bonds is 13. The van der Waals surface area contributed by atoms with E-state index in [9.17, 15) is 4.79 Å². The molecule has 1 N–H and O–H groups in total. The summed E-state index contributed by atoms with van der Waals surface area (Å²) in [6.45, 7) is 33.6. The minimum absolute atomic E-state index is 0.139. The highest BCUT2D eigenvalue weighted by molar-refractivity contribution is 6.12. The zero-order valence-corrected chi connectivity index (χ0v) is 31.3. The van der Waals surface area contributed by atoms with Gasteiger partial charge in [-0.1, -0.05) is 118 Å². The van der Waals surface area contributed by atoms with Crippen LogP contribution in [0.5, 0.6) is 0 Å². The molecule has 0 unspecified atom stereocenters. The Labute approximate surface area is 287 Å². The van der Waals surface area contributed by atoms with E-state index in [1.165, 1.54) is 37.0 Å². The Hall–Kier alpha value is -3.80. The molecule has 0 atom stereocenters. The molecule has 1 heterocycles. The predicted octanol–water partition coefficient (Wildman–Crippen LogP) is 10.9. The van der Waals surface area contributed by atoms with Crippen molar-refractivity contribution in [2.45, 2.75) is 108 Å². The lowest BCUT2D eigenvalue weighted by Crippen LogP contribution is -2.23. The number of aliphatic hydroxyl groups is 1.